The van der Waals surface area contributed by atoms with Gasteiger partial charge in [0.15, 0.2) is 5.13 Å². The Morgan fingerprint density at radius 1 is 1.18 bits per heavy atom. The van der Waals surface area contributed by atoms with Gasteiger partial charge in [0.1, 0.15) is 10.7 Å². The minimum absolute atomic E-state index is 0.171. The molecule has 1 saturated heterocycles. The van der Waals surface area contributed by atoms with Crippen molar-refractivity contribution in [2.24, 2.45) is 0 Å². The quantitative estimate of drug-likeness (QED) is 0.477. The molecule has 33 heavy (non-hydrogen) atoms. The Balaban J connectivity index is 0.000000968. The van der Waals surface area contributed by atoms with Crippen LogP contribution in [0.25, 0.3) is 0 Å². The van der Waals surface area contributed by atoms with Gasteiger partial charge in [-0.25, -0.2) is 17.8 Å². The molecule has 12 heteroatoms. The summed E-state index contributed by atoms with van der Waals surface area (Å²) in [5.41, 5.74) is 0.441. The predicted molar refractivity (Wildman–Crippen MR) is 128 cm³/mol. The summed E-state index contributed by atoms with van der Waals surface area (Å²) in [6, 6.07) is 2.94. The van der Waals surface area contributed by atoms with Gasteiger partial charge in [0.25, 0.3) is 16.5 Å². The molecule has 2 aliphatic rings. The number of aromatic nitrogens is 1. The number of hydrogen-bond acceptors (Lipinski definition) is 7. The van der Waals surface area contributed by atoms with Crippen LogP contribution >= 0.6 is 22.9 Å². The van der Waals surface area contributed by atoms with Crippen molar-refractivity contribution in [2.75, 3.05) is 23.1 Å². The van der Waals surface area contributed by atoms with Crippen LogP contribution in [0.1, 0.15) is 44.9 Å². The molecular weight excluding hydrogens is 491 g/mol. The van der Waals surface area contributed by atoms with Gasteiger partial charge in [-0.2, -0.15) is 0 Å². The number of likely N-dealkylation sites (tertiary alicyclic amines) is 1. The fourth-order valence-electron chi connectivity index (χ4n) is 4.46. The summed E-state index contributed by atoms with van der Waals surface area (Å²) in [6.45, 7) is 1.95. The minimum atomic E-state index is -4.11. The Labute approximate surface area is 202 Å². The number of nitrogens with zero attached hydrogens (tertiary/aromatic N) is 2. The molecule has 1 aliphatic carbocycles. The van der Waals surface area contributed by atoms with Crippen molar-refractivity contribution in [2.45, 2.75) is 61.9 Å². The van der Waals surface area contributed by atoms with Gasteiger partial charge in [0.05, 0.1) is 10.7 Å². The average Bonchev–Trinajstić information content (AvgIpc) is 3.30. The fourth-order valence-corrected chi connectivity index (χ4v) is 6.61. The number of halogens is 2. The number of anilines is 2. The Morgan fingerprint density at radius 3 is 2.55 bits per heavy atom. The van der Waals surface area contributed by atoms with Gasteiger partial charge in [0.2, 0.25) is 0 Å². The molecule has 182 valence electrons. The summed E-state index contributed by atoms with van der Waals surface area (Å²) in [4.78, 5) is 14.3. The van der Waals surface area contributed by atoms with Crippen molar-refractivity contribution in [3.05, 3.63) is 34.5 Å². The van der Waals surface area contributed by atoms with Crippen LogP contribution < -0.4 is 10.0 Å². The second kappa shape index (κ2) is 12.0. The fraction of sp³-hybridized carbons (Fsp3) is 0.524. The smallest absolute Gasteiger partial charge is 0.290 e. The highest BCUT2D eigenvalue weighted by Gasteiger charge is 2.32. The number of piperidine rings is 1. The van der Waals surface area contributed by atoms with Gasteiger partial charge in [-0.05, 0) is 50.9 Å². The van der Waals surface area contributed by atoms with E-state index in [-0.39, 0.29) is 22.7 Å². The number of sulfonamides is 1. The van der Waals surface area contributed by atoms with E-state index in [2.05, 4.69) is 19.9 Å². The highest BCUT2D eigenvalue weighted by molar-refractivity contribution is 7.93. The zero-order valence-corrected chi connectivity index (χ0v) is 20.4. The van der Waals surface area contributed by atoms with Crippen molar-refractivity contribution < 1.29 is 22.7 Å². The maximum Gasteiger partial charge on any atom is 0.290 e. The lowest BCUT2D eigenvalue weighted by atomic mass is 9.88. The van der Waals surface area contributed by atoms with E-state index in [1.54, 1.807) is 5.38 Å². The molecule has 8 nitrogen and oxygen atoms in total. The first-order valence-corrected chi connectivity index (χ1v) is 13.6. The predicted octanol–water partition coefficient (Wildman–Crippen LogP) is 4.65. The van der Waals surface area contributed by atoms with Crippen LogP contribution in [0.5, 0.6) is 0 Å². The van der Waals surface area contributed by atoms with E-state index in [0.717, 1.165) is 43.7 Å². The zero-order valence-electron chi connectivity index (χ0n) is 18.0. The average molecular weight is 519 g/mol. The molecule has 1 saturated carbocycles. The highest BCUT2D eigenvalue weighted by Crippen LogP contribution is 2.33. The monoisotopic (exact) mass is 518 g/mol. The van der Waals surface area contributed by atoms with E-state index in [0.29, 0.717) is 11.7 Å². The van der Waals surface area contributed by atoms with E-state index in [4.69, 9.17) is 21.5 Å². The first-order valence-electron chi connectivity index (χ1n) is 10.9. The molecule has 1 aromatic carbocycles. The summed E-state index contributed by atoms with van der Waals surface area (Å²) in [5, 5.41) is 12.3. The minimum Gasteiger partial charge on any atom is -0.483 e. The molecule has 4 rings (SSSR count). The third kappa shape index (κ3) is 6.78. The van der Waals surface area contributed by atoms with Crippen LogP contribution in [0.2, 0.25) is 5.02 Å². The number of carboxylic acid groups (broad SMARTS) is 1. The maximum atomic E-state index is 14.8. The van der Waals surface area contributed by atoms with Crippen LogP contribution in [-0.2, 0) is 14.8 Å². The molecule has 2 heterocycles. The number of nitrogens with one attached hydrogen (secondary N) is 2. The summed E-state index contributed by atoms with van der Waals surface area (Å²) >= 11 is 7.51. The number of carbonyl (C=O) groups is 1. The normalized spacial score (nSPS) is 21.5. The van der Waals surface area contributed by atoms with E-state index < -0.39 is 20.7 Å². The number of benzene rings is 1. The molecule has 0 radical (unpaired) electrons. The molecule has 2 atom stereocenters. The van der Waals surface area contributed by atoms with Gasteiger partial charge in [0, 0.05) is 23.7 Å². The number of thiazole rings is 1. The molecule has 1 aromatic heterocycles. The molecule has 0 bridgehead atoms. The van der Waals surface area contributed by atoms with Crippen molar-refractivity contribution >= 4 is 50.3 Å². The first-order chi connectivity index (χ1) is 15.9. The second-order valence-electron chi connectivity index (χ2n) is 8.01. The zero-order chi connectivity index (χ0) is 23.8. The topological polar surface area (TPSA) is 112 Å². The van der Waals surface area contributed by atoms with Crippen LogP contribution in [0, 0.1) is 5.82 Å². The molecule has 3 N–H and O–H groups in total. The summed E-state index contributed by atoms with van der Waals surface area (Å²) in [7, 11) is -4.11. The van der Waals surface area contributed by atoms with Gasteiger partial charge >= 0.3 is 0 Å². The molecule has 0 unspecified atom stereocenters. The lowest BCUT2D eigenvalue weighted by molar-refractivity contribution is -0.122. The van der Waals surface area contributed by atoms with Crippen LogP contribution in [0.15, 0.2) is 28.6 Å². The Bertz CT molecular complexity index is 1020. The third-order valence-electron chi connectivity index (χ3n) is 5.90. The number of hydrogen-bond donors (Lipinski definition) is 3. The molecule has 2 fully saturated rings. The lowest BCUT2D eigenvalue weighted by Crippen LogP contribution is -2.50. The third-order valence-corrected chi connectivity index (χ3v) is 8.38. The van der Waals surface area contributed by atoms with Crippen molar-refractivity contribution in [3.63, 3.8) is 0 Å². The highest BCUT2D eigenvalue weighted by atomic mass is 35.5. The largest absolute Gasteiger partial charge is 0.483 e. The van der Waals surface area contributed by atoms with Crippen molar-refractivity contribution in [1.29, 1.82) is 0 Å². The van der Waals surface area contributed by atoms with E-state index in [1.807, 2.05) is 0 Å². The van der Waals surface area contributed by atoms with Crippen molar-refractivity contribution in [3.8, 4) is 0 Å². The van der Waals surface area contributed by atoms with Crippen LogP contribution in [-0.4, -0.2) is 55.1 Å². The molecule has 1 aliphatic heterocycles. The van der Waals surface area contributed by atoms with Gasteiger partial charge in [-0.15, -0.1) is 11.3 Å². The summed E-state index contributed by atoms with van der Waals surface area (Å²) in [6.07, 6.45) is 9.61. The lowest BCUT2D eigenvalue weighted by Gasteiger charge is -2.42. The Morgan fingerprint density at radius 2 is 1.88 bits per heavy atom. The molecule has 0 amide bonds. The van der Waals surface area contributed by atoms with E-state index in [1.165, 1.54) is 44.0 Å². The van der Waals surface area contributed by atoms with E-state index in [9.17, 15) is 12.8 Å². The Kier molecular flexibility index (Phi) is 9.30. The second-order valence-corrected chi connectivity index (χ2v) is 11.0. The van der Waals surface area contributed by atoms with Gasteiger partial charge < -0.3 is 10.4 Å². The van der Waals surface area contributed by atoms with E-state index >= 15 is 0 Å². The van der Waals surface area contributed by atoms with Gasteiger partial charge in [-0.3, -0.25) is 14.4 Å². The van der Waals surface area contributed by atoms with Crippen LogP contribution in [0.3, 0.4) is 0 Å². The molecule has 0 spiro atoms. The molecular formula is C21H28ClFN4O4S2. The maximum absolute atomic E-state index is 14.8. The summed E-state index contributed by atoms with van der Waals surface area (Å²) < 4.78 is 42.2. The Hall–Kier alpha value is -1.95. The first kappa shape index (κ1) is 25.7. The molecule has 2 aromatic rings. The van der Waals surface area contributed by atoms with Crippen molar-refractivity contribution in [1.82, 2.24) is 9.88 Å². The van der Waals surface area contributed by atoms with Crippen LogP contribution in [0.4, 0.5) is 15.2 Å². The number of rotatable bonds is 6. The van der Waals surface area contributed by atoms with Gasteiger partial charge in [-0.1, -0.05) is 30.9 Å². The standard InChI is InChI=1S/C20H26ClFN4O2S2.CH2O2/c21-14-12-19(30(27,28)25-20-23-8-11-29-20)15(22)13-17(14)24-16-6-2-3-7-18(16)26-9-4-1-5-10-26;2-1-3/h8,11-13,16,18,24H,1-7,9-10H2,(H,23,25);1H,(H,2,3)/t16-,18-;/m0./s1. The summed E-state index contributed by atoms with van der Waals surface area (Å²) in [5.74, 6) is -0.837. The SMILES string of the molecule is O=CO.O=S(=O)(Nc1nccs1)c1cc(Cl)c(N[C@H]2CCCC[C@@H]2N2CCCCC2)cc1F.